The van der Waals surface area contributed by atoms with Gasteiger partial charge in [0.25, 0.3) is 5.69 Å². The molecule has 0 aliphatic rings. The minimum Gasteiger partial charge on any atom is -0.363 e. The summed E-state index contributed by atoms with van der Waals surface area (Å²) >= 11 is 0. The van der Waals surface area contributed by atoms with Gasteiger partial charge in [0.2, 0.25) is 0 Å². The Morgan fingerprint density at radius 2 is 1.95 bits per heavy atom. The molecule has 0 bridgehead atoms. The van der Waals surface area contributed by atoms with Crippen LogP contribution in [0, 0.1) is 17.0 Å². The molecular formula is C15H17N3O2. The van der Waals surface area contributed by atoms with Crippen molar-refractivity contribution in [2.24, 2.45) is 0 Å². The molecule has 0 aliphatic heterocycles. The van der Waals surface area contributed by atoms with Crippen molar-refractivity contribution in [3.63, 3.8) is 0 Å². The molecule has 1 N–H and O–H groups in total. The summed E-state index contributed by atoms with van der Waals surface area (Å²) in [4.78, 5) is 14.6. The Hall–Kier alpha value is -2.43. The van der Waals surface area contributed by atoms with Crippen LogP contribution in [0.4, 0.5) is 11.5 Å². The third kappa shape index (κ3) is 3.12. The highest BCUT2D eigenvalue weighted by atomic mass is 16.6. The number of nitrogens with one attached hydrogen (secondary N) is 1. The van der Waals surface area contributed by atoms with Gasteiger partial charge >= 0.3 is 0 Å². The van der Waals surface area contributed by atoms with Crippen molar-refractivity contribution in [3.05, 3.63) is 63.8 Å². The van der Waals surface area contributed by atoms with Gasteiger partial charge in [0.1, 0.15) is 11.5 Å². The van der Waals surface area contributed by atoms with Gasteiger partial charge in [0.15, 0.2) is 0 Å². The second-order valence-electron chi connectivity index (χ2n) is 4.57. The molecule has 0 saturated carbocycles. The fourth-order valence-electron chi connectivity index (χ4n) is 2.11. The first-order valence-corrected chi connectivity index (χ1v) is 6.55. The quantitative estimate of drug-likeness (QED) is 0.662. The van der Waals surface area contributed by atoms with Gasteiger partial charge in [-0.25, -0.2) is 4.98 Å². The van der Waals surface area contributed by atoms with E-state index in [-0.39, 0.29) is 11.7 Å². The number of benzene rings is 1. The van der Waals surface area contributed by atoms with E-state index < -0.39 is 4.92 Å². The molecule has 20 heavy (non-hydrogen) atoms. The van der Waals surface area contributed by atoms with Crippen molar-refractivity contribution in [2.75, 3.05) is 5.32 Å². The number of nitro groups is 1. The third-order valence-corrected chi connectivity index (χ3v) is 3.19. The number of hydrogen-bond donors (Lipinski definition) is 1. The number of anilines is 1. The molecule has 5 heteroatoms. The molecule has 2 aromatic rings. The minimum absolute atomic E-state index is 0.0447. The van der Waals surface area contributed by atoms with E-state index in [1.54, 1.807) is 13.0 Å². The Balaban J connectivity index is 2.20. The number of pyridine rings is 1. The monoisotopic (exact) mass is 271 g/mol. The van der Waals surface area contributed by atoms with Crippen molar-refractivity contribution >= 4 is 11.5 Å². The normalized spacial score (nSPS) is 11.9. The summed E-state index contributed by atoms with van der Waals surface area (Å²) < 4.78 is 0. The summed E-state index contributed by atoms with van der Waals surface area (Å²) in [5, 5.41) is 14.1. The fraction of sp³-hybridized carbons (Fsp3) is 0.267. The highest BCUT2D eigenvalue weighted by molar-refractivity contribution is 5.46. The first-order valence-electron chi connectivity index (χ1n) is 6.55. The SMILES string of the molecule is CCC(Nc1ccc([N+](=O)[O-])c(C)n1)c1ccccc1. The van der Waals surface area contributed by atoms with Gasteiger partial charge < -0.3 is 5.32 Å². The van der Waals surface area contributed by atoms with Crippen LogP contribution < -0.4 is 5.32 Å². The van der Waals surface area contributed by atoms with Gasteiger partial charge in [-0.2, -0.15) is 0 Å². The zero-order valence-electron chi connectivity index (χ0n) is 11.5. The van der Waals surface area contributed by atoms with Crippen molar-refractivity contribution in [3.8, 4) is 0 Å². The summed E-state index contributed by atoms with van der Waals surface area (Å²) in [6.07, 6.45) is 0.904. The van der Waals surface area contributed by atoms with Gasteiger partial charge in [-0.3, -0.25) is 10.1 Å². The minimum atomic E-state index is -0.416. The standard InChI is InChI=1S/C15H17N3O2/c1-3-13(12-7-5-4-6-8-12)17-15-10-9-14(18(19)20)11(2)16-15/h4-10,13H,3H2,1-2H3,(H,16,17). The summed E-state index contributed by atoms with van der Waals surface area (Å²) in [6.45, 7) is 3.73. The molecule has 0 amide bonds. The van der Waals surface area contributed by atoms with Crippen molar-refractivity contribution < 1.29 is 4.92 Å². The van der Waals surface area contributed by atoms with E-state index in [9.17, 15) is 10.1 Å². The van der Waals surface area contributed by atoms with Gasteiger partial charge in [0, 0.05) is 6.07 Å². The molecule has 1 atom stereocenters. The number of nitrogens with zero attached hydrogens (tertiary/aromatic N) is 2. The average Bonchev–Trinajstić information content (AvgIpc) is 2.45. The highest BCUT2D eigenvalue weighted by Gasteiger charge is 2.14. The van der Waals surface area contributed by atoms with E-state index in [1.165, 1.54) is 11.6 Å². The van der Waals surface area contributed by atoms with Crippen molar-refractivity contribution in [2.45, 2.75) is 26.3 Å². The largest absolute Gasteiger partial charge is 0.363 e. The zero-order chi connectivity index (χ0) is 14.5. The van der Waals surface area contributed by atoms with Crippen LogP contribution in [0.5, 0.6) is 0 Å². The van der Waals surface area contributed by atoms with E-state index >= 15 is 0 Å². The Bertz CT molecular complexity index is 599. The van der Waals surface area contributed by atoms with Gasteiger partial charge in [-0.05, 0) is 25.0 Å². The Kier molecular flexibility index (Phi) is 4.30. The molecule has 104 valence electrons. The molecule has 1 aromatic carbocycles. The lowest BCUT2D eigenvalue weighted by molar-refractivity contribution is -0.385. The lowest BCUT2D eigenvalue weighted by Gasteiger charge is -2.18. The molecule has 0 radical (unpaired) electrons. The molecular weight excluding hydrogens is 254 g/mol. The van der Waals surface area contributed by atoms with Crippen molar-refractivity contribution in [1.29, 1.82) is 0 Å². The maximum absolute atomic E-state index is 10.8. The topological polar surface area (TPSA) is 68.1 Å². The predicted molar refractivity (Wildman–Crippen MR) is 78.7 cm³/mol. The second kappa shape index (κ2) is 6.14. The average molecular weight is 271 g/mol. The van der Waals surface area contributed by atoms with Crippen LogP contribution in [0.1, 0.15) is 30.6 Å². The molecule has 2 rings (SSSR count). The first kappa shape index (κ1) is 14.0. The van der Waals surface area contributed by atoms with Crippen LogP contribution in [-0.2, 0) is 0 Å². The molecule has 0 spiro atoms. The maximum atomic E-state index is 10.8. The number of rotatable bonds is 5. The molecule has 0 fully saturated rings. The molecule has 1 heterocycles. The van der Waals surface area contributed by atoms with Crippen molar-refractivity contribution in [1.82, 2.24) is 4.98 Å². The number of aromatic nitrogens is 1. The van der Waals surface area contributed by atoms with E-state index in [1.807, 2.05) is 18.2 Å². The van der Waals surface area contributed by atoms with E-state index in [4.69, 9.17) is 0 Å². The summed E-state index contributed by atoms with van der Waals surface area (Å²) in [6, 6.07) is 13.4. The zero-order valence-corrected chi connectivity index (χ0v) is 11.5. The van der Waals surface area contributed by atoms with E-state index in [0.717, 1.165) is 6.42 Å². The van der Waals surface area contributed by atoms with Gasteiger partial charge in [-0.15, -0.1) is 0 Å². The van der Waals surface area contributed by atoms with Gasteiger partial charge in [0.05, 0.1) is 11.0 Å². The highest BCUT2D eigenvalue weighted by Crippen LogP contribution is 2.23. The van der Waals surface area contributed by atoms with Crippen LogP contribution in [0.3, 0.4) is 0 Å². The number of hydrogen-bond acceptors (Lipinski definition) is 4. The summed E-state index contributed by atoms with van der Waals surface area (Å²) in [5.74, 6) is 0.656. The molecule has 1 aromatic heterocycles. The van der Waals surface area contributed by atoms with E-state index in [2.05, 4.69) is 29.4 Å². The fourth-order valence-corrected chi connectivity index (χ4v) is 2.11. The lowest BCUT2D eigenvalue weighted by atomic mass is 10.0. The summed E-state index contributed by atoms with van der Waals surface area (Å²) in [7, 11) is 0. The van der Waals surface area contributed by atoms with Crippen LogP contribution in [0.15, 0.2) is 42.5 Å². The summed E-state index contributed by atoms with van der Waals surface area (Å²) in [5.41, 5.74) is 1.64. The molecule has 5 nitrogen and oxygen atoms in total. The van der Waals surface area contributed by atoms with Crippen LogP contribution >= 0.6 is 0 Å². The maximum Gasteiger partial charge on any atom is 0.290 e. The van der Waals surface area contributed by atoms with Crippen LogP contribution in [-0.4, -0.2) is 9.91 Å². The third-order valence-electron chi connectivity index (χ3n) is 3.19. The number of aryl methyl sites for hydroxylation is 1. The second-order valence-corrected chi connectivity index (χ2v) is 4.57. The molecule has 0 saturated heterocycles. The van der Waals surface area contributed by atoms with Crippen LogP contribution in [0.25, 0.3) is 0 Å². The first-order chi connectivity index (χ1) is 9.61. The van der Waals surface area contributed by atoms with Gasteiger partial charge in [-0.1, -0.05) is 37.3 Å². The smallest absolute Gasteiger partial charge is 0.290 e. The Labute approximate surface area is 117 Å². The molecule has 0 aliphatic carbocycles. The molecule has 1 unspecified atom stereocenters. The lowest BCUT2D eigenvalue weighted by Crippen LogP contribution is -2.11. The van der Waals surface area contributed by atoms with Crippen LogP contribution in [0.2, 0.25) is 0 Å². The Morgan fingerprint density at radius 3 is 2.50 bits per heavy atom. The predicted octanol–water partition coefficient (Wildman–Crippen LogP) is 3.86. The van der Waals surface area contributed by atoms with E-state index in [0.29, 0.717) is 11.5 Å². The Morgan fingerprint density at radius 1 is 1.25 bits per heavy atom.